The van der Waals surface area contributed by atoms with Crippen molar-refractivity contribution in [3.05, 3.63) is 0 Å². The number of alkyl halides is 1. The van der Waals surface area contributed by atoms with Crippen LogP contribution in [0.1, 0.15) is 26.7 Å². The number of hydrogen-bond acceptors (Lipinski definition) is 1. The van der Waals surface area contributed by atoms with Gasteiger partial charge in [-0.3, -0.25) is 0 Å². The molecular formula is C7H15FO. The molecule has 0 amide bonds. The monoisotopic (exact) mass is 134 g/mol. The molecule has 1 atom stereocenters. The Labute approximate surface area is 56.2 Å². The van der Waals surface area contributed by atoms with Gasteiger partial charge in [-0.1, -0.05) is 13.3 Å². The van der Waals surface area contributed by atoms with Gasteiger partial charge in [-0.05, 0) is 13.3 Å². The van der Waals surface area contributed by atoms with Crippen LogP contribution in [-0.4, -0.2) is 19.4 Å². The molecule has 0 fully saturated rings. The predicted octanol–water partition coefficient (Wildman–Crippen LogP) is 2.16. The van der Waals surface area contributed by atoms with Gasteiger partial charge >= 0.3 is 0 Å². The molecule has 0 spiro atoms. The van der Waals surface area contributed by atoms with E-state index in [1.807, 2.05) is 0 Å². The molecule has 0 aromatic heterocycles. The van der Waals surface area contributed by atoms with E-state index in [4.69, 9.17) is 4.74 Å². The minimum atomic E-state index is -0.818. The molecule has 0 N–H and O–H groups in total. The van der Waals surface area contributed by atoms with Crippen LogP contribution in [-0.2, 0) is 4.74 Å². The van der Waals surface area contributed by atoms with Crippen LogP contribution in [0.5, 0.6) is 0 Å². The Kier molecular flexibility index (Phi) is 5.94. The van der Waals surface area contributed by atoms with E-state index < -0.39 is 6.17 Å². The Morgan fingerprint density at radius 2 is 2.22 bits per heavy atom. The maximum absolute atomic E-state index is 12.0. The second kappa shape index (κ2) is 6.02. The number of rotatable bonds is 5. The van der Waals surface area contributed by atoms with Crippen LogP contribution in [0.2, 0.25) is 0 Å². The van der Waals surface area contributed by atoms with E-state index in [0.29, 0.717) is 6.61 Å². The number of hydrogen-bond donors (Lipinski definition) is 0. The summed E-state index contributed by atoms with van der Waals surface area (Å²) >= 11 is 0. The van der Waals surface area contributed by atoms with Gasteiger partial charge in [0.05, 0.1) is 6.61 Å². The van der Waals surface area contributed by atoms with Gasteiger partial charge in [-0.25, -0.2) is 4.39 Å². The van der Waals surface area contributed by atoms with Crippen LogP contribution in [0.25, 0.3) is 0 Å². The third kappa shape index (κ3) is 7.89. The third-order valence-corrected chi connectivity index (χ3v) is 0.990. The average molecular weight is 134 g/mol. The molecule has 0 saturated carbocycles. The van der Waals surface area contributed by atoms with Crippen LogP contribution in [0.4, 0.5) is 4.39 Å². The van der Waals surface area contributed by atoms with E-state index in [1.54, 1.807) is 0 Å². The summed E-state index contributed by atoms with van der Waals surface area (Å²) in [4.78, 5) is 0. The molecule has 0 aliphatic heterocycles. The zero-order valence-electron chi connectivity index (χ0n) is 6.19. The molecule has 9 heavy (non-hydrogen) atoms. The van der Waals surface area contributed by atoms with Crippen LogP contribution in [0.3, 0.4) is 0 Å². The highest BCUT2D eigenvalue weighted by molar-refractivity contribution is 4.41. The molecule has 0 aliphatic carbocycles. The first-order chi connectivity index (χ1) is 4.27. The summed E-state index contributed by atoms with van der Waals surface area (Å²) < 4.78 is 17.0. The summed E-state index contributed by atoms with van der Waals surface area (Å²) in [5.74, 6) is 0. The summed E-state index contributed by atoms with van der Waals surface area (Å²) in [6.07, 6.45) is 1.33. The lowest BCUT2D eigenvalue weighted by Gasteiger charge is -2.02. The van der Waals surface area contributed by atoms with Gasteiger partial charge < -0.3 is 4.74 Å². The standard InChI is InChI=1S/C7H15FO/c1-3-4-5-9-6-7(2)8/h7H,3-6H2,1-2H3. The largest absolute Gasteiger partial charge is 0.378 e. The van der Waals surface area contributed by atoms with Crippen molar-refractivity contribution < 1.29 is 9.13 Å². The van der Waals surface area contributed by atoms with Gasteiger partial charge in [0.2, 0.25) is 0 Å². The van der Waals surface area contributed by atoms with E-state index >= 15 is 0 Å². The SMILES string of the molecule is CCCCOCC(C)F. The van der Waals surface area contributed by atoms with Gasteiger partial charge in [-0.2, -0.15) is 0 Å². The molecule has 2 heteroatoms. The highest BCUT2D eigenvalue weighted by Crippen LogP contribution is 1.92. The van der Waals surface area contributed by atoms with Crippen LogP contribution < -0.4 is 0 Å². The van der Waals surface area contributed by atoms with Crippen LogP contribution >= 0.6 is 0 Å². The second-order valence-electron chi connectivity index (χ2n) is 2.21. The van der Waals surface area contributed by atoms with Crippen molar-refractivity contribution in [2.45, 2.75) is 32.9 Å². The maximum Gasteiger partial charge on any atom is 0.121 e. The summed E-state index contributed by atoms with van der Waals surface area (Å²) in [5.41, 5.74) is 0. The van der Waals surface area contributed by atoms with E-state index in [0.717, 1.165) is 12.8 Å². The van der Waals surface area contributed by atoms with Crippen molar-refractivity contribution in [2.75, 3.05) is 13.2 Å². The first-order valence-electron chi connectivity index (χ1n) is 3.49. The molecule has 1 unspecified atom stereocenters. The predicted molar refractivity (Wildman–Crippen MR) is 36.3 cm³/mol. The van der Waals surface area contributed by atoms with Gasteiger partial charge in [0, 0.05) is 6.61 Å². The minimum Gasteiger partial charge on any atom is -0.378 e. The van der Waals surface area contributed by atoms with E-state index in [2.05, 4.69) is 6.92 Å². The van der Waals surface area contributed by atoms with E-state index in [-0.39, 0.29) is 6.61 Å². The molecule has 0 rings (SSSR count). The van der Waals surface area contributed by atoms with Crippen molar-refractivity contribution in [3.63, 3.8) is 0 Å². The average Bonchev–Trinajstić information content (AvgIpc) is 1.80. The van der Waals surface area contributed by atoms with E-state index in [9.17, 15) is 4.39 Å². The smallest absolute Gasteiger partial charge is 0.121 e. The third-order valence-electron chi connectivity index (χ3n) is 0.990. The topological polar surface area (TPSA) is 9.23 Å². The van der Waals surface area contributed by atoms with Gasteiger partial charge in [-0.15, -0.1) is 0 Å². The zero-order chi connectivity index (χ0) is 7.11. The molecule has 0 aromatic carbocycles. The van der Waals surface area contributed by atoms with Gasteiger partial charge in [0.15, 0.2) is 0 Å². The van der Waals surface area contributed by atoms with Crippen molar-refractivity contribution in [1.29, 1.82) is 0 Å². The van der Waals surface area contributed by atoms with Gasteiger partial charge in [0.1, 0.15) is 6.17 Å². The summed E-state index contributed by atoms with van der Waals surface area (Å²) in [6.45, 7) is 4.54. The van der Waals surface area contributed by atoms with Crippen LogP contribution in [0.15, 0.2) is 0 Å². The molecule has 0 saturated heterocycles. The minimum absolute atomic E-state index is 0.250. The molecular weight excluding hydrogens is 119 g/mol. The fraction of sp³-hybridized carbons (Fsp3) is 1.00. The molecule has 0 heterocycles. The summed E-state index contributed by atoms with van der Waals surface area (Å²) in [5, 5.41) is 0. The lowest BCUT2D eigenvalue weighted by Crippen LogP contribution is -2.06. The Balaban J connectivity index is 2.75. The first-order valence-corrected chi connectivity index (χ1v) is 3.49. The highest BCUT2D eigenvalue weighted by atomic mass is 19.1. The van der Waals surface area contributed by atoms with E-state index in [1.165, 1.54) is 6.92 Å². The summed E-state index contributed by atoms with van der Waals surface area (Å²) in [6, 6.07) is 0. The Morgan fingerprint density at radius 3 is 2.67 bits per heavy atom. The molecule has 0 bridgehead atoms. The summed E-state index contributed by atoms with van der Waals surface area (Å²) in [7, 11) is 0. The Hall–Kier alpha value is -0.110. The quantitative estimate of drug-likeness (QED) is 0.523. The zero-order valence-corrected chi connectivity index (χ0v) is 6.19. The van der Waals surface area contributed by atoms with Crippen molar-refractivity contribution in [1.82, 2.24) is 0 Å². The number of halogens is 1. The molecule has 56 valence electrons. The number of ether oxygens (including phenoxy) is 1. The molecule has 0 aliphatic rings. The van der Waals surface area contributed by atoms with Crippen LogP contribution in [0, 0.1) is 0 Å². The molecule has 0 radical (unpaired) electrons. The van der Waals surface area contributed by atoms with Crippen molar-refractivity contribution >= 4 is 0 Å². The highest BCUT2D eigenvalue weighted by Gasteiger charge is 1.95. The maximum atomic E-state index is 12.0. The number of unbranched alkanes of at least 4 members (excludes halogenated alkanes) is 1. The molecule has 0 aromatic rings. The normalized spacial score (nSPS) is 13.7. The fourth-order valence-electron chi connectivity index (χ4n) is 0.492. The Bertz CT molecular complexity index is 54.9. The van der Waals surface area contributed by atoms with Gasteiger partial charge in [0.25, 0.3) is 0 Å². The second-order valence-corrected chi connectivity index (χ2v) is 2.21. The lowest BCUT2D eigenvalue weighted by molar-refractivity contribution is 0.0855. The first kappa shape index (κ1) is 8.89. The Morgan fingerprint density at radius 1 is 1.56 bits per heavy atom. The lowest BCUT2D eigenvalue weighted by atomic mass is 10.4. The van der Waals surface area contributed by atoms with Crippen molar-refractivity contribution in [2.24, 2.45) is 0 Å². The molecule has 1 nitrogen and oxygen atoms in total. The van der Waals surface area contributed by atoms with Crippen molar-refractivity contribution in [3.8, 4) is 0 Å². The fourth-order valence-corrected chi connectivity index (χ4v) is 0.492.